The van der Waals surface area contributed by atoms with E-state index in [4.69, 9.17) is 23.2 Å². The maximum absolute atomic E-state index is 6.32. The van der Waals surface area contributed by atoms with Gasteiger partial charge in [-0.25, -0.2) is 0 Å². The molecule has 0 aromatic heterocycles. The molecule has 3 aliphatic rings. The number of benzene rings is 3. The molecule has 158 valence electrons. The van der Waals surface area contributed by atoms with Crippen molar-refractivity contribution in [3.8, 4) is 22.3 Å². The Hall–Kier alpha value is -1.76. The number of hydrogen-bond donors (Lipinski definition) is 0. The van der Waals surface area contributed by atoms with Gasteiger partial charge in [0.05, 0.1) is 0 Å². The van der Waals surface area contributed by atoms with E-state index in [-0.39, 0.29) is 5.41 Å². The average molecular weight is 447 g/mol. The fourth-order valence-electron chi connectivity index (χ4n) is 7.62. The van der Waals surface area contributed by atoms with Gasteiger partial charge in [0.15, 0.2) is 0 Å². The lowest BCUT2D eigenvalue weighted by molar-refractivity contribution is 0.0426. The van der Waals surface area contributed by atoms with E-state index in [1.54, 1.807) is 17.2 Å². The molecule has 0 N–H and O–H groups in total. The van der Waals surface area contributed by atoms with Crippen molar-refractivity contribution in [2.75, 3.05) is 0 Å². The molecule has 5 unspecified atom stereocenters. The van der Waals surface area contributed by atoms with Gasteiger partial charge in [-0.15, -0.1) is 0 Å². The van der Waals surface area contributed by atoms with Gasteiger partial charge >= 0.3 is 0 Å². The SMILES string of the molecule is CC1CC2CC(C)C3(c4ccccc4-c4cc(-c5cc(Cl)cc(Cl)c5)ccc43)C(C1)C2. The zero-order chi connectivity index (χ0) is 21.3. The van der Waals surface area contributed by atoms with Gasteiger partial charge < -0.3 is 0 Å². The molecule has 0 aliphatic heterocycles. The van der Waals surface area contributed by atoms with Gasteiger partial charge in [0.1, 0.15) is 0 Å². The second kappa shape index (κ2) is 7.12. The van der Waals surface area contributed by atoms with E-state index >= 15 is 0 Å². The van der Waals surface area contributed by atoms with Crippen molar-refractivity contribution >= 4 is 23.2 Å². The van der Waals surface area contributed by atoms with Crippen LogP contribution in [0.1, 0.15) is 50.7 Å². The van der Waals surface area contributed by atoms with Gasteiger partial charge in [-0.1, -0.05) is 73.4 Å². The minimum atomic E-state index is 0.154. The Balaban J connectivity index is 1.57. The van der Waals surface area contributed by atoms with Crippen LogP contribution in [-0.4, -0.2) is 0 Å². The summed E-state index contributed by atoms with van der Waals surface area (Å²) in [5.74, 6) is 3.13. The molecule has 0 nitrogen and oxygen atoms in total. The lowest BCUT2D eigenvalue weighted by atomic mass is 9.49. The molecular formula is C29H28Cl2. The third kappa shape index (κ3) is 2.87. The van der Waals surface area contributed by atoms with E-state index < -0.39 is 0 Å². The van der Waals surface area contributed by atoms with E-state index in [2.05, 4.69) is 56.3 Å². The highest BCUT2D eigenvalue weighted by atomic mass is 35.5. The van der Waals surface area contributed by atoms with E-state index in [1.165, 1.54) is 42.4 Å². The van der Waals surface area contributed by atoms with Crippen LogP contribution in [0.3, 0.4) is 0 Å². The predicted molar refractivity (Wildman–Crippen MR) is 132 cm³/mol. The molecule has 2 fully saturated rings. The summed E-state index contributed by atoms with van der Waals surface area (Å²) in [6, 6.07) is 22.1. The van der Waals surface area contributed by atoms with Gasteiger partial charge in [-0.05, 0) is 107 Å². The highest BCUT2D eigenvalue weighted by molar-refractivity contribution is 6.35. The van der Waals surface area contributed by atoms with Crippen molar-refractivity contribution in [3.63, 3.8) is 0 Å². The summed E-state index contributed by atoms with van der Waals surface area (Å²) >= 11 is 12.6. The zero-order valence-corrected chi connectivity index (χ0v) is 19.7. The van der Waals surface area contributed by atoms with Gasteiger partial charge in [-0.2, -0.15) is 0 Å². The van der Waals surface area contributed by atoms with Gasteiger partial charge in [0.2, 0.25) is 0 Å². The van der Waals surface area contributed by atoms with Crippen molar-refractivity contribution in [2.24, 2.45) is 23.7 Å². The maximum Gasteiger partial charge on any atom is 0.0426 e. The average Bonchev–Trinajstić information content (AvgIpc) is 3.02. The predicted octanol–water partition coefficient (Wildman–Crippen LogP) is 9.02. The van der Waals surface area contributed by atoms with Crippen LogP contribution in [0, 0.1) is 23.7 Å². The first kappa shape index (κ1) is 19.9. The molecule has 0 amide bonds. The number of rotatable bonds is 1. The van der Waals surface area contributed by atoms with Crippen molar-refractivity contribution in [1.82, 2.24) is 0 Å². The fraction of sp³-hybridized carbons (Fsp3) is 0.379. The Labute approximate surface area is 195 Å². The molecular weight excluding hydrogens is 419 g/mol. The number of hydrogen-bond acceptors (Lipinski definition) is 0. The second-order valence-electron chi connectivity index (χ2n) is 10.3. The monoisotopic (exact) mass is 446 g/mol. The van der Waals surface area contributed by atoms with Gasteiger partial charge in [0.25, 0.3) is 0 Å². The quantitative estimate of drug-likeness (QED) is 0.349. The summed E-state index contributed by atoms with van der Waals surface area (Å²) in [7, 11) is 0. The zero-order valence-electron chi connectivity index (χ0n) is 18.2. The largest absolute Gasteiger partial charge is 0.0843 e. The van der Waals surface area contributed by atoms with Crippen molar-refractivity contribution in [3.05, 3.63) is 81.8 Å². The molecule has 3 aromatic rings. The number of fused-ring (bicyclic) bond motifs is 8. The molecule has 0 saturated heterocycles. The minimum Gasteiger partial charge on any atom is -0.0843 e. The molecule has 0 heterocycles. The molecule has 3 aliphatic carbocycles. The van der Waals surface area contributed by atoms with Crippen LogP contribution >= 0.6 is 23.2 Å². The maximum atomic E-state index is 6.32. The summed E-state index contributed by atoms with van der Waals surface area (Å²) in [4.78, 5) is 0. The van der Waals surface area contributed by atoms with Gasteiger partial charge in [0, 0.05) is 15.5 Å². The molecule has 2 heteroatoms. The van der Waals surface area contributed by atoms with Gasteiger partial charge in [-0.3, -0.25) is 0 Å². The highest BCUT2D eigenvalue weighted by Crippen LogP contribution is 2.64. The smallest absolute Gasteiger partial charge is 0.0426 e. The molecule has 3 aromatic carbocycles. The molecule has 1 spiro atoms. The lowest BCUT2D eigenvalue weighted by Crippen LogP contribution is -2.49. The Morgan fingerprint density at radius 3 is 2.26 bits per heavy atom. The van der Waals surface area contributed by atoms with Crippen molar-refractivity contribution < 1.29 is 0 Å². The topological polar surface area (TPSA) is 0 Å². The van der Waals surface area contributed by atoms with Crippen molar-refractivity contribution in [1.29, 1.82) is 0 Å². The summed E-state index contributed by atoms with van der Waals surface area (Å²) in [6.45, 7) is 4.99. The van der Waals surface area contributed by atoms with Crippen molar-refractivity contribution in [2.45, 2.75) is 44.9 Å². The first-order chi connectivity index (χ1) is 15.0. The Kier molecular flexibility index (Phi) is 4.57. The Morgan fingerprint density at radius 1 is 0.710 bits per heavy atom. The van der Waals surface area contributed by atoms with Crippen LogP contribution in [-0.2, 0) is 5.41 Å². The Morgan fingerprint density at radius 2 is 1.45 bits per heavy atom. The van der Waals surface area contributed by atoms with E-state index in [0.29, 0.717) is 16.0 Å². The van der Waals surface area contributed by atoms with Crippen LogP contribution in [0.15, 0.2) is 60.7 Å². The first-order valence-electron chi connectivity index (χ1n) is 11.7. The van der Waals surface area contributed by atoms with Crippen LogP contribution in [0.2, 0.25) is 10.0 Å². The van der Waals surface area contributed by atoms with E-state index in [1.807, 2.05) is 12.1 Å². The third-order valence-corrected chi connectivity index (χ3v) is 8.91. The van der Waals surface area contributed by atoms with Crippen LogP contribution in [0.4, 0.5) is 0 Å². The standard InChI is InChI=1S/C29H28Cl2/c1-17-9-19-11-18(2)29(22(10-17)12-19)27-6-4-3-5-25(27)26-15-20(7-8-28(26)29)21-13-23(30)16-24(31)14-21/h3-8,13-19,22H,9-12H2,1-2H3. The molecule has 2 saturated carbocycles. The van der Waals surface area contributed by atoms with Crippen LogP contribution in [0.25, 0.3) is 22.3 Å². The second-order valence-corrected chi connectivity index (χ2v) is 11.2. The van der Waals surface area contributed by atoms with E-state index in [9.17, 15) is 0 Å². The molecule has 31 heavy (non-hydrogen) atoms. The normalized spacial score (nSPS) is 30.8. The summed E-state index contributed by atoms with van der Waals surface area (Å²) in [5.41, 5.74) is 8.38. The third-order valence-electron chi connectivity index (χ3n) is 8.47. The summed E-state index contributed by atoms with van der Waals surface area (Å²) in [5, 5.41) is 1.37. The van der Waals surface area contributed by atoms with Crippen LogP contribution < -0.4 is 0 Å². The minimum absolute atomic E-state index is 0.154. The fourth-order valence-corrected chi connectivity index (χ4v) is 8.15. The molecule has 6 rings (SSSR count). The first-order valence-corrected chi connectivity index (χ1v) is 12.4. The molecule has 5 atom stereocenters. The molecule has 2 bridgehead atoms. The van der Waals surface area contributed by atoms with Crippen LogP contribution in [0.5, 0.6) is 0 Å². The lowest BCUT2D eigenvalue weighted by Gasteiger charge is -2.54. The number of halogens is 2. The summed E-state index contributed by atoms with van der Waals surface area (Å²) < 4.78 is 0. The molecule has 0 radical (unpaired) electrons. The van der Waals surface area contributed by atoms with E-state index in [0.717, 1.165) is 23.3 Å². The summed E-state index contributed by atoms with van der Waals surface area (Å²) in [6.07, 6.45) is 5.49. The highest BCUT2D eigenvalue weighted by Gasteiger charge is 2.56. The Bertz CT molecular complexity index is 1150.